The lowest BCUT2D eigenvalue weighted by Gasteiger charge is -2.30. The zero-order valence-electron chi connectivity index (χ0n) is 17.3. The molecule has 8 nitrogen and oxygen atoms in total. The predicted octanol–water partition coefficient (Wildman–Crippen LogP) is 1.93. The molecule has 0 N–H and O–H groups in total. The molecule has 0 unspecified atom stereocenters. The number of hydrogen-bond donors (Lipinski definition) is 0. The van der Waals surface area contributed by atoms with Crippen molar-refractivity contribution in [2.24, 2.45) is 0 Å². The molecule has 0 aliphatic carbocycles. The second-order valence-electron chi connectivity index (χ2n) is 7.79. The van der Waals surface area contributed by atoms with E-state index >= 15 is 0 Å². The average molecular weight is 427 g/mol. The summed E-state index contributed by atoms with van der Waals surface area (Å²) in [5.41, 5.74) is 2.07. The van der Waals surface area contributed by atoms with E-state index in [-0.39, 0.29) is 24.8 Å². The highest BCUT2D eigenvalue weighted by Crippen LogP contribution is 2.27. The summed E-state index contributed by atoms with van der Waals surface area (Å²) in [7, 11) is 0. The summed E-state index contributed by atoms with van der Waals surface area (Å²) >= 11 is 0. The Hall–Kier alpha value is -4.07. The Morgan fingerprint density at radius 2 is 1.81 bits per heavy atom. The van der Waals surface area contributed by atoms with E-state index in [1.807, 2.05) is 24.3 Å². The monoisotopic (exact) mass is 427 g/mol. The SMILES string of the molecule is O=C(Cn1cccc2c(=O)n(Cc3ccncc3)c(=O)nc1-2)N1CCCc2ccccc21. The molecular formula is C24H21N5O3. The Balaban J connectivity index is 1.49. The van der Waals surface area contributed by atoms with E-state index in [9.17, 15) is 14.4 Å². The number of benzene rings is 1. The molecule has 8 heteroatoms. The fraction of sp³-hybridized carbons (Fsp3) is 0.208. The van der Waals surface area contributed by atoms with Gasteiger partial charge in [0.05, 0.1) is 12.1 Å². The first kappa shape index (κ1) is 19.9. The second-order valence-corrected chi connectivity index (χ2v) is 7.79. The highest BCUT2D eigenvalue weighted by atomic mass is 16.2. The van der Waals surface area contributed by atoms with Crippen molar-refractivity contribution in [3.8, 4) is 11.4 Å². The fourth-order valence-electron chi connectivity index (χ4n) is 4.18. The van der Waals surface area contributed by atoms with Gasteiger partial charge in [-0.25, -0.2) is 4.79 Å². The molecule has 3 aliphatic heterocycles. The van der Waals surface area contributed by atoms with Gasteiger partial charge in [0.2, 0.25) is 5.91 Å². The number of aryl methyl sites for hydroxylation is 1. The summed E-state index contributed by atoms with van der Waals surface area (Å²) < 4.78 is 2.68. The van der Waals surface area contributed by atoms with Crippen LogP contribution in [0.15, 0.2) is 76.7 Å². The van der Waals surface area contributed by atoms with E-state index < -0.39 is 11.2 Å². The molecule has 3 aliphatic rings. The standard InChI is InChI=1S/C24H21N5O3/c30-21(28-14-3-6-18-5-1-2-8-20(18)28)16-27-13-4-7-19-22(27)26-24(32)29(23(19)31)15-17-9-11-25-12-10-17/h1-2,4-5,7-13H,3,6,14-16H2. The van der Waals surface area contributed by atoms with E-state index in [1.165, 1.54) is 0 Å². The molecule has 0 fully saturated rings. The second kappa shape index (κ2) is 8.22. The summed E-state index contributed by atoms with van der Waals surface area (Å²) in [6.45, 7) is 0.744. The van der Waals surface area contributed by atoms with Gasteiger partial charge in [-0.15, -0.1) is 0 Å². The average Bonchev–Trinajstić information content (AvgIpc) is 2.82. The maximum absolute atomic E-state index is 13.2. The minimum Gasteiger partial charge on any atom is -0.323 e. The molecule has 1 aromatic carbocycles. The number of aromatic nitrogens is 4. The van der Waals surface area contributed by atoms with Gasteiger partial charge in [-0.2, -0.15) is 4.98 Å². The highest BCUT2D eigenvalue weighted by Gasteiger charge is 2.24. The van der Waals surface area contributed by atoms with Gasteiger partial charge in [-0.1, -0.05) is 18.2 Å². The number of hydrogen-bond acceptors (Lipinski definition) is 5. The summed E-state index contributed by atoms with van der Waals surface area (Å²) in [4.78, 5) is 48.8. The molecule has 0 bridgehead atoms. The zero-order valence-corrected chi connectivity index (χ0v) is 17.3. The maximum atomic E-state index is 13.2. The third-order valence-electron chi connectivity index (χ3n) is 5.76. The molecule has 160 valence electrons. The molecule has 0 saturated heterocycles. The van der Waals surface area contributed by atoms with Crippen molar-refractivity contribution in [3.63, 3.8) is 0 Å². The van der Waals surface area contributed by atoms with Crippen LogP contribution in [0.1, 0.15) is 17.5 Å². The van der Waals surface area contributed by atoms with Crippen LogP contribution in [0.5, 0.6) is 0 Å². The molecule has 0 radical (unpaired) electrons. The first-order valence-corrected chi connectivity index (χ1v) is 10.5. The predicted molar refractivity (Wildman–Crippen MR) is 120 cm³/mol. The third kappa shape index (κ3) is 3.60. The van der Waals surface area contributed by atoms with Crippen molar-refractivity contribution in [2.75, 3.05) is 11.4 Å². The lowest BCUT2D eigenvalue weighted by atomic mass is 10.0. The molecule has 2 aromatic rings. The molecule has 0 spiro atoms. The van der Waals surface area contributed by atoms with Gasteiger partial charge in [-0.05, 0) is 54.3 Å². The Bertz CT molecular complexity index is 1380. The topological polar surface area (TPSA) is 90.1 Å². The van der Waals surface area contributed by atoms with Crippen LogP contribution in [0.2, 0.25) is 0 Å². The molecular weight excluding hydrogens is 406 g/mol. The Morgan fingerprint density at radius 3 is 2.66 bits per heavy atom. The van der Waals surface area contributed by atoms with Gasteiger partial charge in [-0.3, -0.25) is 19.1 Å². The number of pyridine rings is 2. The number of para-hydroxylation sites is 1. The number of carbonyl (C=O) groups excluding carboxylic acids is 1. The summed E-state index contributed by atoms with van der Waals surface area (Å²) in [5, 5.41) is 0. The van der Waals surface area contributed by atoms with Crippen LogP contribution in [0.25, 0.3) is 11.4 Å². The minimum atomic E-state index is -0.643. The number of nitrogens with zero attached hydrogens (tertiary/aromatic N) is 5. The number of fused-ring (bicyclic) bond motifs is 2. The van der Waals surface area contributed by atoms with Crippen LogP contribution >= 0.6 is 0 Å². The molecule has 5 rings (SSSR count). The molecule has 4 heterocycles. The van der Waals surface area contributed by atoms with E-state index in [0.29, 0.717) is 12.1 Å². The van der Waals surface area contributed by atoms with Gasteiger partial charge in [0, 0.05) is 30.8 Å². The van der Waals surface area contributed by atoms with Crippen LogP contribution in [0.4, 0.5) is 5.69 Å². The van der Waals surface area contributed by atoms with Crippen molar-refractivity contribution in [1.29, 1.82) is 0 Å². The molecule has 1 amide bonds. The van der Waals surface area contributed by atoms with Gasteiger partial charge < -0.3 is 9.47 Å². The first-order chi connectivity index (χ1) is 15.6. The molecule has 0 saturated carbocycles. The third-order valence-corrected chi connectivity index (χ3v) is 5.76. The normalized spacial score (nSPS) is 13.2. The van der Waals surface area contributed by atoms with Gasteiger partial charge >= 0.3 is 5.69 Å². The van der Waals surface area contributed by atoms with Crippen molar-refractivity contribution in [2.45, 2.75) is 25.9 Å². The minimum absolute atomic E-state index is 0.00801. The Kier molecular flexibility index (Phi) is 5.10. The smallest absolute Gasteiger partial charge is 0.323 e. The number of carbonyl (C=O) groups is 1. The van der Waals surface area contributed by atoms with Crippen molar-refractivity contribution in [3.05, 3.63) is 99.1 Å². The van der Waals surface area contributed by atoms with Crippen molar-refractivity contribution in [1.82, 2.24) is 19.1 Å². The van der Waals surface area contributed by atoms with Gasteiger partial charge in [0.1, 0.15) is 6.54 Å². The van der Waals surface area contributed by atoms with Crippen molar-refractivity contribution < 1.29 is 4.79 Å². The summed E-state index contributed by atoms with van der Waals surface area (Å²) in [6, 6.07) is 14.7. The van der Waals surface area contributed by atoms with Crippen LogP contribution in [-0.2, 0) is 24.3 Å². The van der Waals surface area contributed by atoms with E-state index in [2.05, 4.69) is 9.97 Å². The molecule has 1 aromatic heterocycles. The summed E-state index contributed by atoms with van der Waals surface area (Å²) in [5.74, 6) is 0.108. The van der Waals surface area contributed by atoms with Crippen LogP contribution < -0.4 is 16.1 Å². The Morgan fingerprint density at radius 1 is 1.00 bits per heavy atom. The van der Waals surface area contributed by atoms with E-state index in [4.69, 9.17) is 0 Å². The van der Waals surface area contributed by atoms with Crippen molar-refractivity contribution >= 4 is 11.6 Å². The van der Waals surface area contributed by atoms with Crippen LogP contribution in [0.3, 0.4) is 0 Å². The van der Waals surface area contributed by atoms with Crippen LogP contribution in [-0.4, -0.2) is 31.6 Å². The largest absolute Gasteiger partial charge is 0.352 e. The van der Waals surface area contributed by atoms with Gasteiger partial charge in [0.15, 0.2) is 5.82 Å². The lowest BCUT2D eigenvalue weighted by molar-refractivity contribution is -0.119. The van der Waals surface area contributed by atoms with Crippen LogP contribution in [0, 0.1) is 0 Å². The lowest BCUT2D eigenvalue weighted by Crippen LogP contribution is -2.40. The van der Waals surface area contributed by atoms with E-state index in [1.54, 1.807) is 52.3 Å². The number of anilines is 1. The maximum Gasteiger partial charge on any atom is 0.352 e. The summed E-state index contributed by atoms with van der Waals surface area (Å²) in [6.07, 6.45) is 6.73. The number of rotatable bonds is 4. The van der Waals surface area contributed by atoms with Gasteiger partial charge in [0.25, 0.3) is 5.56 Å². The zero-order chi connectivity index (χ0) is 22.1. The van der Waals surface area contributed by atoms with E-state index in [0.717, 1.165) is 34.2 Å². The highest BCUT2D eigenvalue weighted by molar-refractivity contribution is 5.94. The first-order valence-electron chi connectivity index (χ1n) is 10.5. The molecule has 0 atom stereocenters. The fourth-order valence-corrected chi connectivity index (χ4v) is 4.18. The molecule has 32 heavy (non-hydrogen) atoms. The quantitative estimate of drug-likeness (QED) is 0.497. The number of amides is 1. The Labute approximate surface area is 183 Å².